The van der Waals surface area contributed by atoms with Crippen LogP contribution < -0.4 is 4.72 Å². The van der Waals surface area contributed by atoms with Crippen LogP contribution in [-0.4, -0.2) is 49.2 Å². The maximum atomic E-state index is 11.8. The molecule has 0 saturated carbocycles. The maximum absolute atomic E-state index is 11.8. The van der Waals surface area contributed by atoms with Crippen molar-refractivity contribution in [2.24, 2.45) is 0 Å². The molecule has 0 spiro atoms. The highest BCUT2D eigenvalue weighted by molar-refractivity contribution is 7.89. The molecule has 0 aliphatic heterocycles. The van der Waals surface area contributed by atoms with Crippen LogP contribution in [-0.2, 0) is 19.6 Å². The molecular formula is C8H10ClN3O5S. The molecule has 0 fully saturated rings. The van der Waals surface area contributed by atoms with Crippen molar-refractivity contribution in [2.75, 3.05) is 13.7 Å². The minimum atomic E-state index is -4.04. The van der Waals surface area contributed by atoms with Crippen molar-refractivity contribution in [2.45, 2.75) is 10.9 Å². The quantitative estimate of drug-likeness (QED) is 0.525. The number of hydrogen-bond acceptors (Lipinski definition) is 7. The fraction of sp³-hybridized carbons (Fsp3) is 0.375. The molecule has 1 rings (SSSR count). The molecule has 0 bridgehead atoms. The number of aliphatic hydroxyl groups excluding tert-OH is 1. The summed E-state index contributed by atoms with van der Waals surface area (Å²) in [7, 11) is -2.96. The molecule has 18 heavy (non-hydrogen) atoms. The molecule has 1 unspecified atom stereocenters. The topological polar surface area (TPSA) is 118 Å². The zero-order valence-electron chi connectivity index (χ0n) is 9.20. The highest BCUT2D eigenvalue weighted by Crippen LogP contribution is 2.08. The summed E-state index contributed by atoms with van der Waals surface area (Å²) in [6.45, 7) is -0.736. The maximum Gasteiger partial charge on any atom is 0.326 e. The van der Waals surface area contributed by atoms with E-state index < -0.39 is 28.6 Å². The molecule has 1 aromatic heterocycles. The summed E-state index contributed by atoms with van der Waals surface area (Å²) in [5, 5.41) is 8.79. The summed E-state index contributed by atoms with van der Waals surface area (Å²) < 4.78 is 29.8. The van der Waals surface area contributed by atoms with E-state index in [1.807, 2.05) is 4.72 Å². The van der Waals surface area contributed by atoms with E-state index in [1.54, 1.807) is 0 Å². The standard InChI is InChI=1S/C8H10ClN3O5S/c1-17-7(14)6(4-13)12-18(15,16)5-2-10-8(9)11-3-5/h2-3,6,12-13H,4H2,1H3. The van der Waals surface area contributed by atoms with E-state index in [4.69, 9.17) is 16.7 Å². The predicted molar refractivity (Wildman–Crippen MR) is 60.3 cm³/mol. The normalized spacial score (nSPS) is 13.1. The molecule has 0 amide bonds. The average molecular weight is 296 g/mol. The van der Waals surface area contributed by atoms with Crippen molar-refractivity contribution in [3.8, 4) is 0 Å². The number of carbonyl (C=O) groups excluding carboxylic acids is 1. The van der Waals surface area contributed by atoms with Gasteiger partial charge in [-0.25, -0.2) is 18.4 Å². The third kappa shape index (κ3) is 3.60. The first-order chi connectivity index (χ1) is 8.40. The predicted octanol–water partition coefficient (Wildman–Crippen LogP) is -1.06. The van der Waals surface area contributed by atoms with Crippen LogP contribution in [0.1, 0.15) is 0 Å². The fourth-order valence-electron chi connectivity index (χ4n) is 0.997. The van der Waals surface area contributed by atoms with Crippen molar-refractivity contribution in [3.05, 3.63) is 17.7 Å². The summed E-state index contributed by atoms with van der Waals surface area (Å²) >= 11 is 5.42. The first-order valence-corrected chi connectivity index (χ1v) is 6.45. The number of rotatable bonds is 5. The van der Waals surface area contributed by atoms with Gasteiger partial charge < -0.3 is 9.84 Å². The zero-order valence-corrected chi connectivity index (χ0v) is 10.8. The highest BCUT2D eigenvalue weighted by Gasteiger charge is 2.26. The zero-order chi connectivity index (χ0) is 13.8. The van der Waals surface area contributed by atoms with Crippen LogP contribution >= 0.6 is 11.6 Å². The lowest BCUT2D eigenvalue weighted by molar-refractivity contribution is -0.143. The lowest BCUT2D eigenvalue weighted by Crippen LogP contribution is -2.43. The van der Waals surface area contributed by atoms with E-state index in [0.29, 0.717) is 0 Å². The Bertz CT molecular complexity index is 518. The highest BCUT2D eigenvalue weighted by atomic mass is 35.5. The molecule has 100 valence electrons. The lowest BCUT2D eigenvalue weighted by Gasteiger charge is -2.13. The van der Waals surface area contributed by atoms with Gasteiger partial charge >= 0.3 is 5.97 Å². The first kappa shape index (κ1) is 14.8. The van der Waals surface area contributed by atoms with Gasteiger partial charge in [-0.05, 0) is 11.6 Å². The molecule has 0 saturated heterocycles. The van der Waals surface area contributed by atoms with Crippen LogP contribution in [0.2, 0.25) is 5.28 Å². The number of aromatic nitrogens is 2. The van der Waals surface area contributed by atoms with E-state index >= 15 is 0 Å². The smallest absolute Gasteiger partial charge is 0.326 e. The minimum Gasteiger partial charge on any atom is -0.468 e. The number of hydrogen-bond donors (Lipinski definition) is 2. The monoisotopic (exact) mass is 295 g/mol. The van der Waals surface area contributed by atoms with Crippen LogP contribution in [0.3, 0.4) is 0 Å². The van der Waals surface area contributed by atoms with Gasteiger partial charge in [-0.3, -0.25) is 4.79 Å². The number of aliphatic hydroxyl groups is 1. The Kier molecular flexibility index (Phi) is 4.96. The van der Waals surface area contributed by atoms with Crippen LogP contribution in [0.25, 0.3) is 0 Å². The first-order valence-electron chi connectivity index (χ1n) is 4.59. The van der Waals surface area contributed by atoms with Crippen LogP contribution in [0.5, 0.6) is 0 Å². The fourth-order valence-corrected chi connectivity index (χ4v) is 2.16. The van der Waals surface area contributed by atoms with Gasteiger partial charge in [0, 0.05) is 0 Å². The molecule has 1 atom stereocenters. The summed E-state index contributed by atoms with van der Waals surface area (Å²) in [5.74, 6) is -0.907. The molecule has 0 aliphatic rings. The Morgan fingerprint density at radius 1 is 1.56 bits per heavy atom. The van der Waals surface area contributed by atoms with Crippen LogP contribution in [0.15, 0.2) is 17.3 Å². The number of carbonyl (C=O) groups is 1. The number of methoxy groups -OCH3 is 1. The van der Waals surface area contributed by atoms with Crippen LogP contribution in [0, 0.1) is 0 Å². The van der Waals surface area contributed by atoms with Crippen molar-refractivity contribution in [3.63, 3.8) is 0 Å². The third-order valence-corrected chi connectivity index (χ3v) is 3.49. The van der Waals surface area contributed by atoms with Gasteiger partial charge in [-0.15, -0.1) is 0 Å². The van der Waals surface area contributed by atoms with Gasteiger partial charge in [0.2, 0.25) is 15.3 Å². The Labute approximate surface area is 108 Å². The number of nitrogens with zero attached hydrogens (tertiary/aromatic N) is 2. The van der Waals surface area contributed by atoms with Crippen molar-refractivity contribution >= 4 is 27.6 Å². The van der Waals surface area contributed by atoms with Crippen molar-refractivity contribution in [1.29, 1.82) is 0 Å². The summed E-state index contributed by atoms with van der Waals surface area (Å²) in [6.07, 6.45) is 1.95. The molecule has 0 aliphatic carbocycles. The Morgan fingerprint density at radius 2 is 2.11 bits per heavy atom. The third-order valence-electron chi connectivity index (χ3n) is 1.87. The van der Waals surface area contributed by atoms with E-state index in [-0.39, 0.29) is 10.2 Å². The van der Waals surface area contributed by atoms with Gasteiger partial charge in [0.05, 0.1) is 26.1 Å². The molecule has 8 nitrogen and oxygen atoms in total. The molecule has 1 heterocycles. The van der Waals surface area contributed by atoms with E-state index in [0.717, 1.165) is 19.5 Å². The Balaban J connectivity index is 2.94. The van der Waals surface area contributed by atoms with Crippen molar-refractivity contribution in [1.82, 2.24) is 14.7 Å². The molecule has 10 heteroatoms. The molecule has 0 radical (unpaired) electrons. The molecular weight excluding hydrogens is 286 g/mol. The van der Waals surface area contributed by atoms with Gasteiger partial charge in [0.1, 0.15) is 10.9 Å². The van der Waals surface area contributed by atoms with E-state index in [1.165, 1.54) is 0 Å². The summed E-state index contributed by atoms with van der Waals surface area (Å²) in [5.41, 5.74) is 0. The van der Waals surface area contributed by atoms with Gasteiger partial charge in [0.15, 0.2) is 0 Å². The lowest BCUT2D eigenvalue weighted by atomic mass is 10.3. The second kappa shape index (κ2) is 6.05. The van der Waals surface area contributed by atoms with Gasteiger partial charge in [0.25, 0.3) is 0 Å². The van der Waals surface area contributed by atoms with Crippen molar-refractivity contribution < 1.29 is 23.1 Å². The second-order valence-electron chi connectivity index (χ2n) is 3.07. The van der Waals surface area contributed by atoms with Gasteiger partial charge in [-0.2, -0.15) is 4.72 Å². The number of nitrogens with one attached hydrogen (secondary N) is 1. The van der Waals surface area contributed by atoms with Crippen LogP contribution in [0.4, 0.5) is 0 Å². The number of halogens is 1. The SMILES string of the molecule is COC(=O)C(CO)NS(=O)(=O)c1cnc(Cl)nc1. The van der Waals surface area contributed by atoms with Gasteiger partial charge in [-0.1, -0.05) is 0 Å². The summed E-state index contributed by atoms with van der Waals surface area (Å²) in [6, 6.07) is -1.39. The number of ether oxygens (including phenoxy) is 1. The molecule has 0 aromatic carbocycles. The Morgan fingerprint density at radius 3 is 2.56 bits per heavy atom. The second-order valence-corrected chi connectivity index (χ2v) is 5.12. The molecule has 2 N–H and O–H groups in total. The molecule has 1 aromatic rings. The minimum absolute atomic E-state index is 0.111. The number of sulfonamides is 1. The Hall–Kier alpha value is -1.29. The largest absolute Gasteiger partial charge is 0.468 e. The average Bonchev–Trinajstić information content (AvgIpc) is 2.35. The summed E-state index contributed by atoms with van der Waals surface area (Å²) in [4.78, 5) is 17.9. The van der Waals surface area contributed by atoms with E-state index in [9.17, 15) is 13.2 Å². The number of esters is 1. The van der Waals surface area contributed by atoms with E-state index in [2.05, 4.69) is 14.7 Å².